The third kappa shape index (κ3) is 11.7. The maximum absolute atomic E-state index is 9.53. The SMILES string of the molecule is Clc1ccccn1.[O]=[Cr](=[O])([OH])[O][Cr](=[O])(=[O])[OH]. The van der Waals surface area contributed by atoms with Crippen LogP contribution in [0.3, 0.4) is 0 Å². The van der Waals surface area contributed by atoms with Gasteiger partial charge in [-0.1, -0.05) is 17.7 Å². The van der Waals surface area contributed by atoms with Crippen LogP contribution < -0.4 is 0 Å². The molecule has 92 valence electrons. The third-order valence-electron chi connectivity index (χ3n) is 0.801. The molecule has 0 unspecified atom stereocenters. The van der Waals surface area contributed by atoms with Crippen LogP contribution in [-0.4, -0.2) is 13.3 Å². The van der Waals surface area contributed by atoms with Gasteiger partial charge in [0, 0.05) is 6.20 Å². The van der Waals surface area contributed by atoms with Crippen molar-refractivity contribution in [3.63, 3.8) is 0 Å². The normalized spacial score (nSPS) is 11.4. The summed E-state index contributed by atoms with van der Waals surface area (Å²) < 4.78 is 56.3. The van der Waals surface area contributed by atoms with Gasteiger partial charge < -0.3 is 0 Å². The van der Waals surface area contributed by atoms with Crippen molar-refractivity contribution in [2.45, 2.75) is 0 Å². The second-order valence-corrected chi connectivity index (χ2v) is 6.22. The molecule has 0 aliphatic carbocycles. The van der Waals surface area contributed by atoms with Crippen LogP contribution >= 0.6 is 11.6 Å². The molecule has 0 atom stereocenters. The molecular formula is C5H6ClCr2NO7. The van der Waals surface area contributed by atoms with Crippen LogP contribution in [0.5, 0.6) is 0 Å². The van der Waals surface area contributed by atoms with Crippen LogP contribution in [0.2, 0.25) is 5.15 Å². The van der Waals surface area contributed by atoms with Crippen molar-refractivity contribution in [2.24, 2.45) is 0 Å². The molecule has 16 heavy (non-hydrogen) atoms. The van der Waals surface area contributed by atoms with E-state index in [1.165, 1.54) is 0 Å². The molecule has 0 radical (unpaired) electrons. The van der Waals surface area contributed by atoms with Crippen molar-refractivity contribution in [3.8, 4) is 0 Å². The number of hydrogen-bond acceptors (Lipinski definition) is 6. The topological polar surface area (TPSA) is 131 Å². The van der Waals surface area contributed by atoms with Gasteiger partial charge in [-0.3, -0.25) is 0 Å². The number of halogens is 1. The predicted octanol–water partition coefficient (Wildman–Crippen LogP) is 0.0724. The van der Waals surface area contributed by atoms with Gasteiger partial charge in [0.1, 0.15) is 5.15 Å². The Hall–Kier alpha value is -0.415. The van der Waals surface area contributed by atoms with Gasteiger partial charge in [-0.05, 0) is 12.1 Å². The average Bonchev–Trinajstić information content (AvgIpc) is 1.99. The second kappa shape index (κ2) is 6.35. The Morgan fingerprint density at radius 3 is 1.75 bits per heavy atom. The van der Waals surface area contributed by atoms with E-state index < -0.39 is 27.2 Å². The van der Waals surface area contributed by atoms with Crippen molar-refractivity contribution < 1.29 is 53.6 Å². The van der Waals surface area contributed by atoms with Gasteiger partial charge in [0.05, 0.1) is 0 Å². The van der Waals surface area contributed by atoms with Crippen LogP contribution in [0.25, 0.3) is 0 Å². The van der Waals surface area contributed by atoms with Gasteiger partial charge in [0.2, 0.25) is 0 Å². The summed E-state index contributed by atoms with van der Waals surface area (Å²) in [6, 6.07) is 5.41. The summed E-state index contributed by atoms with van der Waals surface area (Å²) in [7, 11) is 0. The fourth-order valence-corrected chi connectivity index (χ4v) is 2.32. The van der Waals surface area contributed by atoms with Gasteiger partial charge in [0.15, 0.2) is 0 Å². The minimum atomic E-state index is -5.76. The number of nitrogens with zero attached hydrogens (tertiary/aromatic N) is 1. The Morgan fingerprint density at radius 1 is 1.12 bits per heavy atom. The summed E-state index contributed by atoms with van der Waals surface area (Å²) >= 11 is -6.09. The standard InChI is InChI=1S/C5H4ClN.2Cr.2H2O.5O/c6-5-3-1-2-4-7-5;;;;;;;;;/h1-4H;;;2*1H2;;;;;/q;2*+1;;;;;;;/p-2. The molecular weight excluding hydrogens is 326 g/mol. The van der Waals surface area contributed by atoms with E-state index in [1.54, 1.807) is 12.3 Å². The number of hydrogen-bond donors (Lipinski definition) is 2. The van der Waals surface area contributed by atoms with E-state index in [-0.39, 0.29) is 0 Å². The average molecular weight is 332 g/mol. The predicted molar refractivity (Wildman–Crippen MR) is 37.5 cm³/mol. The molecule has 0 bridgehead atoms. The summed E-state index contributed by atoms with van der Waals surface area (Å²) in [6.07, 6.45) is 1.66. The first kappa shape index (κ1) is 15.6. The second-order valence-electron chi connectivity index (χ2n) is 2.08. The first-order valence-corrected chi connectivity index (χ1v) is 7.97. The van der Waals surface area contributed by atoms with Crippen LogP contribution in [0.4, 0.5) is 0 Å². The zero-order chi connectivity index (χ0) is 12.8. The van der Waals surface area contributed by atoms with Crippen LogP contribution in [0.1, 0.15) is 0 Å². The Bertz CT molecular complexity index is 481. The molecule has 0 aliphatic heterocycles. The molecule has 1 heterocycles. The van der Waals surface area contributed by atoms with Gasteiger partial charge in [-0.2, -0.15) is 0 Å². The molecule has 2 N–H and O–H groups in total. The van der Waals surface area contributed by atoms with E-state index in [0.29, 0.717) is 5.15 Å². The molecule has 0 aromatic carbocycles. The molecule has 0 spiro atoms. The fraction of sp³-hybridized carbons (Fsp3) is 0. The molecule has 0 aliphatic rings. The van der Waals surface area contributed by atoms with Crippen molar-refractivity contribution in [2.75, 3.05) is 0 Å². The Labute approximate surface area is 99.6 Å². The van der Waals surface area contributed by atoms with E-state index in [4.69, 9.17) is 19.9 Å². The van der Waals surface area contributed by atoms with Gasteiger partial charge in [-0.15, -0.1) is 0 Å². The Morgan fingerprint density at radius 2 is 1.62 bits per heavy atom. The summed E-state index contributed by atoms with van der Waals surface area (Å²) in [5.41, 5.74) is 0. The van der Waals surface area contributed by atoms with Gasteiger partial charge >= 0.3 is 53.6 Å². The van der Waals surface area contributed by atoms with Crippen LogP contribution in [-0.2, 0) is 45.3 Å². The van der Waals surface area contributed by atoms with Gasteiger partial charge in [-0.25, -0.2) is 4.98 Å². The Kier molecular flexibility index (Phi) is 6.19. The van der Waals surface area contributed by atoms with E-state index in [2.05, 4.69) is 7.82 Å². The Balaban J connectivity index is 0.000000288. The summed E-state index contributed by atoms with van der Waals surface area (Å²) in [4.78, 5) is 3.74. The minimum absolute atomic E-state index is 0.544. The van der Waals surface area contributed by atoms with E-state index in [1.807, 2.05) is 12.1 Å². The van der Waals surface area contributed by atoms with Crippen molar-refractivity contribution in [3.05, 3.63) is 29.5 Å². The molecule has 0 amide bonds. The molecule has 0 saturated heterocycles. The van der Waals surface area contributed by atoms with Crippen LogP contribution in [0.15, 0.2) is 24.4 Å². The number of pyridine rings is 1. The monoisotopic (exact) mass is 331 g/mol. The van der Waals surface area contributed by atoms with Crippen molar-refractivity contribution >= 4 is 11.6 Å². The molecule has 0 fully saturated rings. The molecule has 8 nitrogen and oxygen atoms in total. The maximum atomic E-state index is 9.53. The quantitative estimate of drug-likeness (QED) is 0.728. The number of rotatable bonds is 2. The first-order valence-electron chi connectivity index (χ1n) is 3.32. The third-order valence-corrected chi connectivity index (χ3v) is 3.78. The van der Waals surface area contributed by atoms with Crippen LogP contribution in [0, 0.1) is 0 Å². The molecule has 11 heteroatoms. The van der Waals surface area contributed by atoms with E-state index in [9.17, 15) is 15.2 Å². The zero-order valence-electron chi connectivity index (χ0n) is 7.39. The summed E-state index contributed by atoms with van der Waals surface area (Å²) in [5.74, 6) is 0. The summed E-state index contributed by atoms with van der Waals surface area (Å²) in [6.45, 7) is 0. The van der Waals surface area contributed by atoms with Crippen molar-refractivity contribution in [1.29, 1.82) is 0 Å². The van der Waals surface area contributed by atoms with Crippen molar-refractivity contribution in [1.82, 2.24) is 4.98 Å². The molecule has 1 rings (SSSR count). The zero-order valence-corrected chi connectivity index (χ0v) is 10.7. The molecule has 1 aromatic rings. The number of aromatic nitrogens is 1. The van der Waals surface area contributed by atoms with E-state index in [0.717, 1.165) is 0 Å². The molecule has 0 saturated carbocycles. The van der Waals surface area contributed by atoms with E-state index >= 15 is 0 Å². The molecule has 1 aromatic heterocycles. The van der Waals surface area contributed by atoms with Gasteiger partial charge in [0.25, 0.3) is 0 Å². The first-order chi connectivity index (χ1) is 7.10. The summed E-state index contributed by atoms with van der Waals surface area (Å²) in [5, 5.41) is 0.544. The fourth-order valence-electron chi connectivity index (χ4n) is 0.451.